The summed E-state index contributed by atoms with van der Waals surface area (Å²) in [4.78, 5) is 0. The van der Waals surface area contributed by atoms with E-state index in [0.29, 0.717) is 0 Å². The van der Waals surface area contributed by atoms with Crippen molar-refractivity contribution in [3.63, 3.8) is 0 Å². The normalized spacial score (nSPS) is 26.9. The van der Waals surface area contributed by atoms with E-state index in [-0.39, 0.29) is 0 Å². The zero-order chi connectivity index (χ0) is 9.64. The molecule has 0 aromatic heterocycles. The van der Waals surface area contributed by atoms with E-state index in [1.165, 1.54) is 44.3 Å². The number of piperidine rings is 1. The number of dihydropyridines is 1. The highest BCUT2D eigenvalue weighted by Crippen LogP contribution is 2.14. The van der Waals surface area contributed by atoms with Crippen molar-refractivity contribution in [1.29, 1.82) is 0 Å². The predicted octanol–water partition coefficient (Wildman–Crippen LogP) is 1.95. The minimum atomic E-state index is 0.761. The van der Waals surface area contributed by atoms with Crippen LogP contribution in [0.3, 0.4) is 0 Å². The van der Waals surface area contributed by atoms with Gasteiger partial charge in [-0.15, -0.1) is 0 Å². The van der Waals surface area contributed by atoms with E-state index in [4.69, 9.17) is 0 Å². The van der Waals surface area contributed by atoms with Gasteiger partial charge >= 0.3 is 0 Å². The fourth-order valence-corrected chi connectivity index (χ4v) is 2.17. The van der Waals surface area contributed by atoms with Crippen molar-refractivity contribution in [2.75, 3.05) is 13.1 Å². The van der Waals surface area contributed by atoms with Gasteiger partial charge in [-0.3, -0.25) is 0 Å². The van der Waals surface area contributed by atoms with Crippen molar-refractivity contribution in [2.24, 2.45) is 0 Å². The average molecular weight is 192 g/mol. The number of nitrogens with one attached hydrogen (secondary N) is 2. The van der Waals surface area contributed by atoms with E-state index in [1.807, 2.05) is 0 Å². The molecule has 1 unspecified atom stereocenters. The summed E-state index contributed by atoms with van der Waals surface area (Å²) in [6, 6.07) is 0.761. The number of hydrogen-bond donors (Lipinski definition) is 2. The Morgan fingerprint density at radius 2 is 2.36 bits per heavy atom. The zero-order valence-electron chi connectivity index (χ0n) is 8.76. The van der Waals surface area contributed by atoms with Crippen molar-refractivity contribution in [3.05, 3.63) is 23.9 Å². The van der Waals surface area contributed by atoms with E-state index in [1.54, 1.807) is 0 Å². The van der Waals surface area contributed by atoms with Gasteiger partial charge in [-0.2, -0.15) is 0 Å². The molecule has 0 spiro atoms. The third-order valence-corrected chi connectivity index (χ3v) is 3.05. The third kappa shape index (κ3) is 2.88. The van der Waals surface area contributed by atoms with Crippen LogP contribution in [0.2, 0.25) is 0 Å². The molecule has 0 amide bonds. The van der Waals surface area contributed by atoms with E-state index in [0.717, 1.165) is 12.6 Å². The van der Waals surface area contributed by atoms with Crippen molar-refractivity contribution < 1.29 is 0 Å². The molecule has 0 radical (unpaired) electrons. The lowest BCUT2D eigenvalue weighted by atomic mass is 9.99. The van der Waals surface area contributed by atoms with Gasteiger partial charge < -0.3 is 10.6 Å². The smallest absolute Gasteiger partial charge is 0.0330 e. The molecule has 2 rings (SSSR count). The molecule has 2 aliphatic rings. The fraction of sp³-hybridized carbons (Fsp3) is 0.667. The highest BCUT2D eigenvalue weighted by atomic mass is 14.9. The van der Waals surface area contributed by atoms with E-state index >= 15 is 0 Å². The minimum Gasteiger partial charge on any atom is -0.385 e. The van der Waals surface area contributed by atoms with Crippen LogP contribution in [0, 0.1) is 0 Å². The van der Waals surface area contributed by atoms with Crippen LogP contribution in [0.1, 0.15) is 32.1 Å². The van der Waals surface area contributed by atoms with Gasteiger partial charge in [0.05, 0.1) is 0 Å². The number of allylic oxidation sites excluding steroid dienone is 3. The molecule has 1 saturated heterocycles. The average Bonchev–Trinajstić information content (AvgIpc) is 2.29. The Morgan fingerprint density at radius 1 is 1.36 bits per heavy atom. The summed E-state index contributed by atoms with van der Waals surface area (Å²) in [6.07, 6.45) is 13.1. The van der Waals surface area contributed by atoms with Crippen LogP contribution >= 0.6 is 0 Å². The monoisotopic (exact) mass is 192 g/mol. The van der Waals surface area contributed by atoms with Gasteiger partial charge in [-0.25, -0.2) is 0 Å². The lowest BCUT2D eigenvalue weighted by Crippen LogP contribution is -2.34. The summed E-state index contributed by atoms with van der Waals surface area (Å²) in [7, 11) is 0. The second kappa shape index (κ2) is 5.20. The molecular weight excluding hydrogens is 172 g/mol. The minimum absolute atomic E-state index is 0.761. The molecule has 14 heavy (non-hydrogen) atoms. The van der Waals surface area contributed by atoms with E-state index in [2.05, 4.69) is 28.9 Å². The molecule has 0 bridgehead atoms. The Morgan fingerprint density at radius 3 is 3.07 bits per heavy atom. The van der Waals surface area contributed by atoms with Gasteiger partial charge in [0.1, 0.15) is 0 Å². The first-order valence-corrected chi connectivity index (χ1v) is 5.78. The molecule has 1 atom stereocenters. The molecular formula is C12H20N2. The van der Waals surface area contributed by atoms with E-state index < -0.39 is 0 Å². The standard InChI is InChI=1S/C12H20N2/c1-3-9-13-11(5-1)7-8-12-6-2-4-10-14-12/h1,3,5,12-14H,2,4,6-10H2. The number of hydrogen-bond acceptors (Lipinski definition) is 2. The van der Waals surface area contributed by atoms with Gasteiger partial charge in [-0.05, 0) is 38.3 Å². The first-order valence-electron chi connectivity index (χ1n) is 5.78. The summed E-state index contributed by atoms with van der Waals surface area (Å²) in [5.41, 5.74) is 1.40. The van der Waals surface area contributed by atoms with Crippen LogP contribution < -0.4 is 10.6 Å². The first kappa shape index (κ1) is 9.78. The van der Waals surface area contributed by atoms with Gasteiger partial charge in [0, 0.05) is 18.3 Å². The van der Waals surface area contributed by atoms with Crippen molar-refractivity contribution in [1.82, 2.24) is 10.6 Å². The Kier molecular flexibility index (Phi) is 3.64. The van der Waals surface area contributed by atoms with Crippen LogP contribution in [-0.2, 0) is 0 Å². The van der Waals surface area contributed by atoms with Gasteiger partial charge in [0.2, 0.25) is 0 Å². The quantitative estimate of drug-likeness (QED) is 0.714. The lowest BCUT2D eigenvalue weighted by Gasteiger charge is -2.24. The zero-order valence-corrected chi connectivity index (χ0v) is 8.76. The first-order chi connectivity index (χ1) is 6.95. The maximum atomic E-state index is 3.59. The Hall–Kier alpha value is -0.760. The van der Waals surface area contributed by atoms with Crippen LogP contribution in [0.15, 0.2) is 23.9 Å². The Balaban J connectivity index is 1.70. The van der Waals surface area contributed by atoms with Gasteiger partial charge in [-0.1, -0.05) is 18.6 Å². The third-order valence-electron chi connectivity index (χ3n) is 3.05. The van der Waals surface area contributed by atoms with Crippen LogP contribution in [0.25, 0.3) is 0 Å². The molecule has 0 aromatic rings. The summed E-state index contributed by atoms with van der Waals surface area (Å²) < 4.78 is 0. The lowest BCUT2D eigenvalue weighted by molar-refractivity contribution is 0.380. The molecule has 2 N–H and O–H groups in total. The molecule has 1 fully saturated rings. The maximum Gasteiger partial charge on any atom is 0.0330 e. The summed E-state index contributed by atoms with van der Waals surface area (Å²) >= 11 is 0. The Labute approximate surface area is 86.5 Å². The van der Waals surface area contributed by atoms with Crippen LogP contribution in [-0.4, -0.2) is 19.1 Å². The molecule has 0 saturated carbocycles. The van der Waals surface area contributed by atoms with Crippen LogP contribution in [0.4, 0.5) is 0 Å². The second-order valence-corrected chi connectivity index (χ2v) is 4.19. The van der Waals surface area contributed by atoms with Crippen molar-refractivity contribution in [3.8, 4) is 0 Å². The topological polar surface area (TPSA) is 24.1 Å². The summed E-state index contributed by atoms with van der Waals surface area (Å²) in [6.45, 7) is 2.22. The SMILES string of the molecule is C1=CCNC(CCC2CCCCN2)=C1. The predicted molar refractivity (Wildman–Crippen MR) is 60.1 cm³/mol. The van der Waals surface area contributed by atoms with Crippen LogP contribution in [0.5, 0.6) is 0 Å². The highest BCUT2D eigenvalue weighted by Gasteiger charge is 2.12. The molecule has 2 aliphatic heterocycles. The summed E-state index contributed by atoms with van der Waals surface area (Å²) in [5, 5.41) is 6.99. The Bertz CT molecular complexity index is 224. The van der Waals surface area contributed by atoms with Gasteiger partial charge in [0.15, 0.2) is 0 Å². The second-order valence-electron chi connectivity index (χ2n) is 4.19. The van der Waals surface area contributed by atoms with E-state index in [9.17, 15) is 0 Å². The van der Waals surface area contributed by atoms with Gasteiger partial charge in [0.25, 0.3) is 0 Å². The molecule has 2 heteroatoms. The highest BCUT2D eigenvalue weighted by molar-refractivity contribution is 5.16. The molecule has 2 nitrogen and oxygen atoms in total. The largest absolute Gasteiger partial charge is 0.385 e. The molecule has 0 aromatic carbocycles. The molecule has 2 heterocycles. The van der Waals surface area contributed by atoms with Crippen molar-refractivity contribution in [2.45, 2.75) is 38.1 Å². The molecule has 78 valence electrons. The number of rotatable bonds is 3. The van der Waals surface area contributed by atoms with Crippen molar-refractivity contribution >= 4 is 0 Å². The molecule has 0 aliphatic carbocycles. The fourth-order valence-electron chi connectivity index (χ4n) is 2.17. The maximum absolute atomic E-state index is 3.59. The summed E-state index contributed by atoms with van der Waals surface area (Å²) in [5.74, 6) is 0.